The Labute approximate surface area is 119 Å². The molecule has 0 fully saturated rings. The van der Waals surface area contributed by atoms with E-state index in [1.165, 1.54) is 6.26 Å². The number of rotatable bonds is 5. The summed E-state index contributed by atoms with van der Waals surface area (Å²) in [5.74, 6) is 0.464. The molecule has 7 nitrogen and oxygen atoms in total. The van der Waals surface area contributed by atoms with E-state index in [4.69, 9.17) is 10.9 Å². The Kier molecular flexibility index (Phi) is 4.93. The molecule has 1 rings (SSSR count). The minimum atomic E-state index is -3.07. The molecule has 0 atom stereocenters. The van der Waals surface area contributed by atoms with Gasteiger partial charge in [-0.3, -0.25) is 0 Å². The van der Waals surface area contributed by atoms with Gasteiger partial charge in [0.15, 0.2) is 5.84 Å². The van der Waals surface area contributed by atoms with Crippen LogP contribution in [0.4, 0.5) is 5.82 Å². The van der Waals surface area contributed by atoms with E-state index in [1.807, 2.05) is 19.9 Å². The predicted molar refractivity (Wildman–Crippen MR) is 79.2 cm³/mol. The summed E-state index contributed by atoms with van der Waals surface area (Å²) >= 11 is 0. The molecule has 0 aliphatic rings. The molecule has 0 aliphatic carbocycles. The molecular formula is C12H20N4O3S. The molecule has 0 radical (unpaired) electrons. The Morgan fingerprint density at radius 3 is 2.60 bits per heavy atom. The summed E-state index contributed by atoms with van der Waals surface area (Å²) in [6, 6.07) is 1.82. The highest BCUT2D eigenvalue weighted by atomic mass is 32.2. The molecule has 0 aliphatic heterocycles. The fourth-order valence-electron chi connectivity index (χ4n) is 1.87. The second-order valence-corrected chi connectivity index (χ2v) is 7.08. The van der Waals surface area contributed by atoms with Crippen molar-refractivity contribution in [1.29, 1.82) is 0 Å². The summed E-state index contributed by atoms with van der Waals surface area (Å²) in [5, 5.41) is 11.9. The van der Waals surface area contributed by atoms with E-state index in [0.717, 1.165) is 11.3 Å². The van der Waals surface area contributed by atoms with Gasteiger partial charge in [-0.05, 0) is 25.5 Å². The molecule has 0 spiro atoms. The van der Waals surface area contributed by atoms with Gasteiger partial charge in [0.25, 0.3) is 0 Å². The van der Waals surface area contributed by atoms with Crippen molar-refractivity contribution >= 4 is 21.5 Å². The summed E-state index contributed by atoms with van der Waals surface area (Å²) in [5.41, 5.74) is 7.78. The normalized spacial score (nSPS) is 12.5. The summed E-state index contributed by atoms with van der Waals surface area (Å²) in [4.78, 5) is 6.05. The highest BCUT2D eigenvalue weighted by molar-refractivity contribution is 7.90. The molecule has 8 heteroatoms. The SMILES string of the molecule is Cc1cc(C)c(C(N)=NO)c(N(C)CCS(C)(=O)=O)n1. The van der Waals surface area contributed by atoms with E-state index in [9.17, 15) is 8.42 Å². The average molecular weight is 300 g/mol. The monoisotopic (exact) mass is 300 g/mol. The number of anilines is 1. The van der Waals surface area contributed by atoms with Crippen molar-refractivity contribution in [2.45, 2.75) is 13.8 Å². The lowest BCUT2D eigenvalue weighted by atomic mass is 10.1. The first-order chi connectivity index (χ1) is 9.15. The van der Waals surface area contributed by atoms with Crippen LogP contribution in [0.2, 0.25) is 0 Å². The number of hydrogen-bond acceptors (Lipinski definition) is 6. The van der Waals surface area contributed by atoms with Crippen LogP contribution in [0, 0.1) is 13.8 Å². The third-order valence-corrected chi connectivity index (χ3v) is 3.77. The van der Waals surface area contributed by atoms with Gasteiger partial charge in [-0.15, -0.1) is 0 Å². The summed E-state index contributed by atoms with van der Waals surface area (Å²) in [6.45, 7) is 3.94. The Hall–Kier alpha value is -1.83. The molecule has 0 aromatic carbocycles. The highest BCUT2D eigenvalue weighted by Gasteiger charge is 2.17. The maximum absolute atomic E-state index is 11.2. The highest BCUT2D eigenvalue weighted by Crippen LogP contribution is 2.21. The smallest absolute Gasteiger partial charge is 0.174 e. The van der Waals surface area contributed by atoms with Crippen LogP contribution in [0.25, 0.3) is 0 Å². The number of aryl methyl sites for hydroxylation is 2. The van der Waals surface area contributed by atoms with Crippen LogP contribution >= 0.6 is 0 Å². The lowest BCUT2D eigenvalue weighted by molar-refractivity contribution is 0.318. The number of oxime groups is 1. The molecule has 3 N–H and O–H groups in total. The Bertz CT molecular complexity index is 626. The number of amidine groups is 1. The second-order valence-electron chi connectivity index (χ2n) is 4.82. The lowest BCUT2D eigenvalue weighted by Crippen LogP contribution is -2.29. The third kappa shape index (κ3) is 4.09. The van der Waals surface area contributed by atoms with Crippen LogP contribution in [0.15, 0.2) is 11.2 Å². The lowest BCUT2D eigenvalue weighted by Gasteiger charge is -2.22. The first kappa shape index (κ1) is 16.2. The molecule has 1 aromatic rings. The molecule has 1 aromatic heterocycles. The molecule has 0 saturated heterocycles. The number of pyridine rings is 1. The van der Waals surface area contributed by atoms with Crippen molar-refractivity contribution < 1.29 is 13.6 Å². The van der Waals surface area contributed by atoms with Gasteiger partial charge in [-0.1, -0.05) is 5.16 Å². The number of nitrogens with two attached hydrogens (primary N) is 1. The largest absolute Gasteiger partial charge is 0.409 e. The summed E-state index contributed by atoms with van der Waals surface area (Å²) < 4.78 is 22.5. The quantitative estimate of drug-likeness (QED) is 0.350. The first-order valence-electron chi connectivity index (χ1n) is 6.00. The van der Waals surface area contributed by atoms with Gasteiger partial charge in [-0.2, -0.15) is 0 Å². The van der Waals surface area contributed by atoms with Gasteiger partial charge in [0.05, 0.1) is 11.3 Å². The minimum Gasteiger partial charge on any atom is -0.409 e. The van der Waals surface area contributed by atoms with Crippen LogP contribution in [-0.4, -0.2) is 50.0 Å². The van der Waals surface area contributed by atoms with E-state index in [1.54, 1.807) is 11.9 Å². The first-order valence-corrected chi connectivity index (χ1v) is 8.06. The summed E-state index contributed by atoms with van der Waals surface area (Å²) in [6.07, 6.45) is 1.18. The van der Waals surface area contributed by atoms with Crippen LogP contribution in [0.3, 0.4) is 0 Å². The Morgan fingerprint density at radius 1 is 1.50 bits per heavy atom. The summed E-state index contributed by atoms with van der Waals surface area (Å²) in [7, 11) is -1.34. The minimum absolute atomic E-state index is 0.00772. The molecule has 0 bridgehead atoms. The van der Waals surface area contributed by atoms with Gasteiger partial charge in [-0.25, -0.2) is 13.4 Å². The van der Waals surface area contributed by atoms with Gasteiger partial charge in [0.1, 0.15) is 15.7 Å². The van der Waals surface area contributed by atoms with Crippen molar-refractivity contribution in [2.24, 2.45) is 10.9 Å². The second kappa shape index (κ2) is 6.08. The van der Waals surface area contributed by atoms with Gasteiger partial charge in [0.2, 0.25) is 0 Å². The van der Waals surface area contributed by atoms with Crippen LogP contribution < -0.4 is 10.6 Å². The third-order valence-electron chi connectivity index (χ3n) is 2.85. The van der Waals surface area contributed by atoms with Crippen molar-refractivity contribution in [1.82, 2.24) is 4.98 Å². The van der Waals surface area contributed by atoms with Crippen molar-refractivity contribution in [3.8, 4) is 0 Å². The van der Waals surface area contributed by atoms with E-state index in [-0.39, 0.29) is 18.1 Å². The van der Waals surface area contributed by atoms with Crippen molar-refractivity contribution in [3.63, 3.8) is 0 Å². The zero-order valence-corrected chi connectivity index (χ0v) is 12.9. The Morgan fingerprint density at radius 2 is 2.10 bits per heavy atom. The van der Waals surface area contributed by atoms with Crippen LogP contribution in [-0.2, 0) is 9.84 Å². The van der Waals surface area contributed by atoms with Gasteiger partial charge < -0.3 is 15.8 Å². The fraction of sp³-hybridized carbons (Fsp3) is 0.500. The zero-order valence-electron chi connectivity index (χ0n) is 12.1. The van der Waals surface area contributed by atoms with Crippen LogP contribution in [0.5, 0.6) is 0 Å². The Balaban J connectivity index is 3.22. The predicted octanol–water partition coefficient (Wildman–Crippen LogP) is 0.274. The maximum atomic E-state index is 11.2. The number of hydrogen-bond donors (Lipinski definition) is 2. The maximum Gasteiger partial charge on any atom is 0.174 e. The molecular weight excluding hydrogens is 280 g/mol. The average Bonchev–Trinajstić information content (AvgIpc) is 2.33. The van der Waals surface area contributed by atoms with Crippen molar-refractivity contribution in [3.05, 3.63) is 22.9 Å². The molecule has 0 amide bonds. The fourth-order valence-corrected chi connectivity index (χ4v) is 2.47. The zero-order chi connectivity index (χ0) is 15.5. The topological polar surface area (TPSA) is 109 Å². The van der Waals surface area contributed by atoms with Gasteiger partial charge in [0, 0.05) is 25.5 Å². The number of aromatic nitrogens is 1. The van der Waals surface area contributed by atoms with Crippen LogP contribution in [0.1, 0.15) is 16.8 Å². The number of nitrogens with zero attached hydrogens (tertiary/aromatic N) is 3. The molecule has 112 valence electrons. The van der Waals surface area contributed by atoms with Gasteiger partial charge >= 0.3 is 0 Å². The van der Waals surface area contributed by atoms with Crippen molar-refractivity contribution in [2.75, 3.05) is 30.5 Å². The van der Waals surface area contributed by atoms with E-state index >= 15 is 0 Å². The van der Waals surface area contributed by atoms with E-state index < -0.39 is 9.84 Å². The van der Waals surface area contributed by atoms with E-state index in [0.29, 0.717) is 11.4 Å². The molecule has 1 heterocycles. The molecule has 0 saturated carbocycles. The number of sulfone groups is 1. The standard InChI is InChI=1S/C12H20N4O3S/c1-8-7-9(2)14-12(10(8)11(13)15-17)16(3)5-6-20(4,18)19/h7,17H,5-6H2,1-4H3,(H2,13,15). The van der Waals surface area contributed by atoms with E-state index in [2.05, 4.69) is 10.1 Å². The molecule has 20 heavy (non-hydrogen) atoms. The molecule has 0 unspecified atom stereocenters.